The Morgan fingerprint density at radius 1 is 1.27 bits per heavy atom. The number of carbonyl (C=O) groups excluding carboxylic acids is 1. The Balaban J connectivity index is 1.91. The molecule has 1 heterocycles. The Hall–Kier alpha value is -3.70. The molecule has 0 unspecified atom stereocenters. The van der Waals surface area contributed by atoms with Crippen molar-refractivity contribution < 1.29 is 18.4 Å². The number of anilines is 1. The van der Waals surface area contributed by atoms with Crippen molar-refractivity contribution in [2.75, 3.05) is 25.0 Å². The number of aromatic amines is 1. The zero-order chi connectivity index (χ0) is 22.1. The molecule has 0 bridgehead atoms. The fourth-order valence-corrected chi connectivity index (χ4v) is 2.45. The van der Waals surface area contributed by atoms with Crippen LogP contribution in [0.25, 0.3) is 0 Å². The summed E-state index contributed by atoms with van der Waals surface area (Å²) in [6, 6.07) is 3.59. The molecule has 30 heavy (non-hydrogen) atoms. The number of halogens is 2. The van der Waals surface area contributed by atoms with Crippen molar-refractivity contribution in [2.24, 2.45) is 16.6 Å². The first-order valence-corrected chi connectivity index (χ1v) is 9.01. The number of nitrogens with one attached hydrogen (secondary N) is 3. The maximum atomic E-state index is 13.3. The predicted octanol–water partition coefficient (Wildman–Crippen LogP) is -0.125. The molecule has 0 aliphatic carbocycles. The van der Waals surface area contributed by atoms with Crippen LogP contribution in [0.15, 0.2) is 28.1 Å². The molecule has 162 valence electrons. The number of nitrogens with zero attached hydrogens (tertiary/aromatic N) is 2. The minimum atomic E-state index is -0.934. The van der Waals surface area contributed by atoms with Crippen LogP contribution in [0.3, 0.4) is 0 Å². The van der Waals surface area contributed by atoms with Crippen LogP contribution in [-0.2, 0) is 22.5 Å². The number of guanidine groups is 1. The second-order valence-electron chi connectivity index (χ2n) is 6.29. The summed E-state index contributed by atoms with van der Waals surface area (Å²) in [7, 11) is 0. The largest absolute Gasteiger partial charge is 0.391 e. The van der Waals surface area contributed by atoms with Gasteiger partial charge >= 0.3 is 0 Å². The van der Waals surface area contributed by atoms with Gasteiger partial charge in [-0.2, -0.15) is 0 Å². The second kappa shape index (κ2) is 10.7. The van der Waals surface area contributed by atoms with Gasteiger partial charge in [0, 0.05) is 12.2 Å². The first-order chi connectivity index (χ1) is 14.3. The van der Waals surface area contributed by atoms with E-state index in [-0.39, 0.29) is 43.8 Å². The van der Waals surface area contributed by atoms with E-state index in [1.807, 2.05) is 0 Å². The van der Waals surface area contributed by atoms with E-state index in [0.717, 1.165) is 12.1 Å². The first kappa shape index (κ1) is 22.6. The topological polar surface area (TPSA) is 161 Å². The number of nitrogens with two attached hydrogens (primary N) is 2. The Labute approximate surface area is 170 Å². The third kappa shape index (κ3) is 7.04. The zero-order valence-electron chi connectivity index (χ0n) is 16.3. The van der Waals surface area contributed by atoms with E-state index < -0.39 is 17.2 Å². The summed E-state index contributed by atoms with van der Waals surface area (Å²) in [4.78, 5) is 35.7. The molecule has 2 aromatic rings. The molecule has 10 nitrogen and oxygen atoms in total. The summed E-state index contributed by atoms with van der Waals surface area (Å²) in [6.07, 6.45) is 0.278. The summed E-state index contributed by atoms with van der Waals surface area (Å²) in [5.74, 6) is -2.38. The van der Waals surface area contributed by atoms with Crippen LogP contribution in [0, 0.1) is 18.6 Å². The van der Waals surface area contributed by atoms with Crippen LogP contribution in [0.5, 0.6) is 0 Å². The lowest BCUT2D eigenvalue weighted by atomic mass is 10.1. The standard InChI is InChI=1S/C18H23F2N7O3/c1-10-14(9-15(28)23-6-7-30-27-18(21)22)26-16(17(29)25-10)24-5-4-11-2-3-12(19)13(20)8-11/h2-3,8H,4-7,9H2,1H3,(H,23,28)(H,24,26)(H,25,29)(H4,21,22,27). The predicted molar refractivity (Wildman–Crippen MR) is 107 cm³/mol. The van der Waals surface area contributed by atoms with Crippen LogP contribution in [0.4, 0.5) is 14.6 Å². The number of hydrogen-bond donors (Lipinski definition) is 5. The highest BCUT2D eigenvalue weighted by molar-refractivity contribution is 5.78. The van der Waals surface area contributed by atoms with Crippen LogP contribution in [-0.4, -0.2) is 41.5 Å². The molecule has 0 aliphatic rings. The molecule has 0 atom stereocenters. The van der Waals surface area contributed by atoms with Gasteiger partial charge in [0.25, 0.3) is 5.56 Å². The molecule has 0 saturated heterocycles. The van der Waals surface area contributed by atoms with Crippen molar-refractivity contribution in [1.29, 1.82) is 0 Å². The molecule has 1 aromatic carbocycles. The van der Waals surface area contributed by atoms with E-state index in [1.54, 1.807) is 6.92 Å². The molecular weight excluding hydrogens is 400 g/mol. The summed E-state index contributed by atoms with van der Waals surface area (Å²) < 4.78 is 26.2. The smallest absolute Gasteiger partial charge is 0.290 e. The highest BCUT2D eigenvalue weighted by Crippen LogP contribution is 2.10. The number of carbonyl (C=O) groups is 1. The molecule has 0 saturated carbocycles. The average Bonchev–Trinajstić information content (AvgIpc) is 2.67. The van der Waals surface area contributed by atoms with E-state index in [1.165, 1.54) is 6.07 Å². The number of benzene rings is 1. The molecular formula is C18H23F2N7O3. The van der Waals surface area contributed by atoms with Gasteiger partial charge in [0.2, 0.25) is 11.9 Å². The number of oxime groups is 1. The van der Waals surface area contributed by atoms with Gasteiger partial charge in [-0.1, -0.05) is 6.07 Å². The Morgan fingerprint density at radius 2 is 2.03 bits per heavy atom. The van der Waals surface area contributed by atoms with Gasteiger partial charge in [-0.05, 0) is 36.2 Å². The number of hydrogen-bond acceptors (Lipinski definition) is 6. The van der Waals surface area contributed by atoms with Crippen LogP contribution < -0.4 is 27.7 Å². The minimum Gasteiger partial charge on any atom is -0.391 e. The Kier molecular flexibility index (Phi) is 8.08. The van der Waals surface area contributed by atoms with Crippen LogP contribution in [0.2, 0.25) is 0 Å². The third-order valence-electron chi connectivity index (χ3n) is 3.90. The molecule has 1 amide bonds. The Bertz CT molecular complexity index is 975. The molecule has 0 fully saturated rings. The van der Waals surface area contributed by atoms with Gasteiger partial charge < -0.3 is 31.9 Å². The van der Waals surface area contributed by atoms with Crippen LogP contribution >= 0.6 is 0 Å². The third-order valence-corrected chi connectivity index (χ3v) is 3.90. The molecule has 12 heteroatoms. The highest BCUT2D eigenvalue weighted by atomic mass is 19.2. The maximum absolute atomic E-state index is 13.3. The SMILES string of the molecule is Cc1[nH]c(=O)c(NCCc2ccc(F)c(F)c2)nc1CC(=O)NCCON=C(N)N. The van der Waals surface area contributed by atoms with Gasteiger partial charge in [-0.25, -0.2) is 13.8 Å². The van der Waals surface area contributed by atoms with Crippen molar-refractivity contribution in [2.45, 2.75) is 19.8 Å². The number of aryl methyl sites for hydroxylation is 1. The number of amides is 1. The van der Waals surface area contributed by atoms with Crippen molar-refractivity contribution in [3.8, 4) is 0 Å². The van der Waals surface area contributed by atoms with E-state index in [4.69, 9.17) is 16.3 Å². The highest BCUT2D eigenvalue weighted by Gasteiger charge is 2.12. The van der Waals surface area contributed by atoms with Crippen LogP contribution in [0.1, 0.15) is 17.0 Å². The van der Waals surface area contributed by atoms with Gasteiger partial charge in [0.05, 0.1) is 18.7 Å². The zero-order valence-corrected chi connectivity index (χ0v) is 16.3. The first-order valence-electron chi connectivity index (χ1n) is 9.01. The summed E-state index contributed by atoms with van der Waals surface area (Å²) >= 11 is 0. The lowest BCUT2D eigenvalue weighted by molar-refractivity contribution is -0.120. The summed E-state index contributed by atoms with van der Waals surface area (Å²) in [6.45, 7) is 2.15. The monoisotopic (exact) mass is 423 g/mol. The molecule has 0 spiro atoms. The second-order valence-corrected chi connectivity index (χ2v) is 6.29. The fourth-order valence-electron chi connectivity index (χ4n) is 2.45. The summed E-state index contributed by atoms with van der Waals surface area (Å²) in [5.41, 5.74) is 11.2. The molecule has 2 rings (SSSR count). The quantitative estimate of drug-likeness (QED) is 0.154. The molecule has 1 aromatic heterocycles. The van der Waals surface area contributed by atoms with Gasteiger partial charge in [0.1, 0.15) is 6.61 Å². The fraction of sp³-hybridized carbons (Fsp3) is 0.333. The van der Waals surface area contributed by atoms with Crippen molar-refractivity contribution in [3.05, 3.63) is 57.1 Å². The maximum Gasteiger partial charge on any atom is 0.290 e. The van der Waals surface area contributed by atoms with Gasteiger partial charge in [-0.3, -0.25) is 9.59 Å². The normalized spacial score (nSPS) is 10.4. The minimum absolute atomic E-state index is 0.0297. The molecule has 7 N–H and O–H groups in total. The lowest BCUT2D eigenvalue weighted by Gasteiger charge is -2.10. The molecule has 0 aliphatic heterocycles. The summed E-state index contributed by atoms with van der Waals surface area (Å²) in [5, 5.41) is 8.77. The molecule has 0 radical (unpaired) electrons. The lowest BCUT2D eigenvalue weighted by Crippen LogP contribution is -2.30. The van der Waals surface area contributed by atoms with E-state index in [2.05, 4.69) is 25.8 Å². The Morgan fingerprint density at radius 3 is 2.73 bits per heavy atom. The van der Waals surface area contributed by atoms with Gasteiger partial charge in [0.15, 0.2) is 17.5 Å². The van der Waals surface area contributed by atoms with Crippen molar-refractivity contribution >= 4 is 17.7 Å². The average molecular weight is 423 g/mol. The van der Waals surface area contributed by atoms with E-state index in [0.29, 0.717) is 23.4 Å². The van der Waals surface area contributed by atoms with Crippen molar-refractivity contribution in [1.82, 2.24) is 15.3 Å². The number of H-pyrrole nitrogens is 1. The number of rotatable bonds is 10. The van der Waals surface area contributed by atoms with Gasteiger partial charge in [-0.15, -0.1) is 0 Å². The van der Waals surface area contributed by atoms with Crippen molar-refractivity contribution in [3.63, 3.8) is 0 Å². The number of aromatic nitrogens is 2. The van der Waals surface area contributed by atoms with E-state index in [9.17, 15) is 18.4 Å². The van der Waals surface area contributed by atoms with E-state index >= 15 is 0 Å².